The third-order valence-corrected chi connectivity index (χ3v) is 2.55. The van der Waals surface area contributed by atoms with Crippen molar-refractivity contribution < 1.29 is 19.4 Å². The molecule has 0 fully saturated rings. The first-order valence-electron chi connectivity index (χ1n) is 4.75. The molecule has 0 heterocycles. The summed E-state index contributed by atoms with van der Waals surface area (Å²) in [6, 6.07) is 5.26. The van der Waals surface area contributed by atoms with Crippen LogP contribution in [0, 0.1) is 0 Å². The van der Waals surface area contributed by atoms with Crippen LogP contribution in [0.25, 0.3) is 0 Å². The summed E-state index contributed by atoms with van der Waals surface area (Å²) in [4.78, 5) is 10.5. The Morgan fingerprint density at radius 3 is 2.75 bits per heavy atom. The van der Waals surface area contributed by atoms with Gasteiger partial charge < -0.3 is 14.6 Å². The van der Waals surface area contributed by atoms with E-state index in [4.69, 9.17) is 14.6 Å². The molecule has 0 radical (unpaired) electrons. The van der Waals surface area contributed by atoms with Gasteiger partial charge in [0.05, 0.1) is 18.0 Å². The standard InChI is InChI=1S/C11H13BrO4/c1-7(5-11(13)14)16-10-4-3-8(15-2)6-9(10)12/h3-4,6-7H,5H2,1-2H3,(H,13,14)/t7-/m1/s1. The smallest absolute Gasteiger partial charge is 0.307 e. The van der Waals surface area contributed by atoms with Crippen molar-refractivity contribution in [3.05, 3.63) is 22.7 Å². The Labute approximate surface area is 102 Å². The molecule has 0 saturated carbocycles. The number of carboxylic acids is 1. The lowest BCUT2D eigenvalue weighted by molar-refractivity contribution is -0.138. The van der Waals surface area contributed by atoms with Gasteiger partial charge in [-0.2, -0.15) is 0 Å². The first kappa shape index (κ1) is 12.8. The maximum Gasteiger partial charge on any atom is 0.307 e. The number of halogens is 1. The van der Waals surface area contributed by atoms with Gasteiger partial charge >= 0.3 is 5.97 Å². The summed E-state index contributed by atoms with van der Waals surface area (Å²) >= 11 is 3.33. The number of rotatable bonds is 5. The van der Waals surface area contributed by atoms with Crippen LogP contribution in [-0.2, 0) is 4.79 Å². The minimum atomic E-state index is -0.878. The number of carboxylic acid groups (broad SMARTS) is 1. The molecule has 0 aliphatic carbocycles. The third-order valence-electron chi connectivity index (χ3n) is 1.93. The number of aliphatic carboxylic acids is 1. The summed E-state index contributed by atoms with van der Waals surface area (Å²) in [6.07, 6.45) is -0.402. The Balaban J connectivity index is 2.70. The van der Waals surface area contributed by atoms with Gasteiger partial charge in [-0.15, -0.1) is 0 Å². The van der Waals surface area contributed by atoms with Gasteiger partial charge in [-0.25, -0.2) is 0 Å². The second kappa shape index (κ2) is 5.75. The largest absolute Gasteiger partial charge is 0.497 e. The van der Waals surface area contributed by atoms with E-state index in [2.05, 4.69) is 15.9 Å². The monoisotopic (exact) mass is 288 g/mol. The van der Waals surface area contributed by atoms with Crippen LogP contribution in [0.3, 0.4) is 0 Å². The SMILES string of the molecule is COc1ccc(O[C@H](C)CC(=O)O)c(Br)c1. The Morgan fingerprint density at radius 1 is 1.56 bits per heavy atom. The molecule has 16 heavy (non-hydrogen) atoms. The Kier molecular flexibility index (Phi) is 4.61. The lowest BCUT2D eigenvalue weighted by atomic mass is 10.3. The summed E-state index contributed by atoms with van der Waals surface area (Å²) in [5, 5.41) is 8.60. The molecule has 0 bridgehead atoms. The van der Waals surface area contributed by atoms with Crippen molar-refractivity contribution in [2.75, 3.05) is 7.11 Å². The van der Waals surface area contributed by atoms with Crippen LogP contribution in [-0.4, -0.2) is 24.3 Å². The minimum Gasteiger partial charge on any atom is -0.497 e. The number of carbonyl (C=O) groups is 1. The number of hydrogen-bond acceptors (Lipinski definition) is 3. The summed E-state index contributed by atoms with van der Waals surface area (Å²) in [6.45, 7) is 1.71. The zero-order valence-electron chi connectivity index (χ0n) is 9.07. The lowest BCUT2D eigenvalue weighted by Crippen LogP contribution is -2.16. The van der Waals surface area contributed by atoms with Crippen LogP contribution in [0.15, 0.2) is 22.7 Å². The van der Waals surface area contributed by atoms with Crippen molar-refractivity contribution in [1.29, 1.82) is 0 Å². The molecule has 0 spiro atoms. The topological polar surface area (TPSA) is 55.8 Å². The number of methoxy groups -OCH3 is 1. The highest BCUT2D eigenvalue weighted by Crippen LogP contribution is 2.30. The molecule has 1 aromatic rings. The summed E-state index contributed by atoms with van der Waals surface area (Å²) in [7, 11) is 1.58. The fraction of sp³-hybridized carbons (Fsp3) is 0.364. The van der Waals surface area contributed by atoms with Gasteiger partial charge in [0.15, 0.2) is 0 Å². The number of ether oxygens (including phenoxy) is 2. The molecule has 1 atom stereocenters. The molecule has 0 aromatic heterocycles. The van der Waals surface area contributed by atoms with Gasteiger partial charge in [-0.1, -0.05) is 0 Å². The highest BCUT2D eigenvalue weighted by molar-refractivity contribution is 9.10. The first-order valence-corrected chi connectivity index (χ1v) is 5.54. The van der Waals surface area contributed by atoms with E-state index in [-0.39, 0.29) is 12.5 Å². The molecule has 4 nitrogen and oxygen atoms in total. The van der Waals surface area contributed by atoms with Crippen molar-refractivity contribution in [2.45, 2.75) is 19.4 Å². The highest BCUT2D eigenvalue weighted by Gasteiger charge is 2.11. The van der Waals surface area contributed by atoms with Crippen LogP contribution >= 0.6 is 15.9 Å². The van der Waals surface area contributed by atoms with E-state index >= 15 is 0 Å². The van der Waals surface area contributed by atoms with Gasteiger partial charge in [-0.05, 0) is 41.1 Å². The van der Waals surface area contributed by atoms with Crippen LogP contribution in [0.1, 0.15) is 13.3 Å². The molecule has 0 unspecified atom stereocenters. The summed E-state index contributed by atoms with van der Waals surface area (Å²) in [5.41, 5.74) is 0. The molecule has 1 aromatic carbocycles. The van der Waals surface area contributed by atoms with Crippen molar-refractivity contribution in [3.63, 3.8) is 0 Å². The summed E-state index contributed by atoms with van der Waals surface area (Å²) in [5.74, 6) is 0.441. The van der Waals surface area contributed by atoms with E-state index < -0.39 is 5.97 Å². The van der Waals surface area contributed by atoms with Gasteiger partial charge in [-0.3, -0.25) is 4.79 Å². The molecular weight excluding hydrogens is 276 g/mol. The van der Waals surface area contributed by atoms with Gasteiger partial charge in [0, 0.05) is 0 Å². The molecule has 0 saturated heterocycles. The van der Waals surface area contributed by atoms with Crippen molar-refractivity contribution in [2.24, 2.45) is 0 Å². The van der Waals surface area contributed by atoms with Crippen LogP contribution in [0.4, 0.5) is 0 Å². The Morgan fingerprint density at radius 2 is 2.25 bits per heavy atom. The van der Waals surface area contributed by atoms with Gasteiger partial charge in [0.1, 0.15) is 17.6 Å². The molecule has 88 valence electrons. The van der Waals surface area contributed by atoms with E-state index in [1.54, 1.807) is 32.2 Å². The predicted molar refractivity (Wildman–Crippen MR) is 63.0 cm³/mol. The maximum absolute atomic E-state index is 10.5. The van der Waals surface area contributed by atoms with E-state index in [9.17, 15) is 4.79 Å². The Hall–Kier alpha value is -1.23. The van der Waals surface area contributed by atoms with E-state index in [0.29, 0.717) is 11.5 Å². The molecule has 5 heteroatoms. The molecule has 0 amide bonds. The molecule has 1 rings (SSSR count). The highest BCUT2D eigenvalue weighted by atomic mass is 79.9. The second-order valence-corrected chi connectivity index (χ2v) is 4.18. The molecular formula is C11H13BrO4. The minimum absolute atomic E-state index is 0.0293. The number of benzene rings is 1. The Bertz CT molecular complexity index is 378. The average Bonchev–Trinajstić information content (AvgIpc) is 2.19. The quantitative estimate of drug-likeness (QED) is 0.905. The van der Waals surface area contributed by atoms with E-state index in [1.165, 1.54) is 0 Å². The van der Waals surface area contributed by atoms with Crippen molar-refractivity contribution >= 4 is 21.9 Å². The molecule has 0 aliphatic heterocycles. The van der Waals surface area contributed by atoms with Gasteiger partial charge in [0.25, 0.3) is 0 Å². The van der Waals surface area contributed by atoms with Crippen LogP contribution < -0.4 is 9.47 Å². The van der Waals surface area contributed by atoms with Crippen molar-refractivity contribution in [3.8, 4) is 11.5 Å². The van der Waals surface area contributed by atoms with E-state index in [0.717, 1.165) is 4.47 Å². The predicted octanol–water partition coefficient (Wildman–Crippen LogP) is 2.70. The zero-order chi connectivity index (χ0) is 12.1. The average molecular weight is 289 g/mol. The van der Waals surface area contributed by atoms with E-state index in [1.807, 2.05) is 0 Å². The van der Waals surface area contributed by atoms with Crippen LogP contribution in [0.2, 0.25) is 0 Å². The molecule has 0 aliphatic rings. The normalized spacial score (nSPS) is 11.9. The van der Waals surface area contributed by atoms with Crippen molar-refractivity contribution in [1.82, 2.24) is 0 Å². The molecule has 1 N–H and O–H groups in total. The summed E-state index contributed by atoms with van der Waals surface area (Å²) < 4.78 is 11.3. The lowest BCUT2D eigenvalue weighted by Gasteiger charge is -2.14. The zero-order valence-corrected chi connectivity index (χ0v) is 10.7. The number of hydrogen-bond donors (Lipinski definition) is 1. The third kappa shape index (κ3) is 3.73. The van der Waals surface area contributed by atoms with Gasteiger partial charge in [0.2, 0.25) is 0 Å². The fourth-order valence-corrected chi connectivity index (χ4v) is 1.66. The first-order chi connectivity index (χ1) is 7.52. The maximum atomic E-state index is 10.5. The second-order valence-electron chi connectivity index (χ2n) is 3.32. The van der Waals surface area contributed by atoms with Crippen LogP contribution in [0.5, 0.6) is 11.5 Å². The fourth-order valence-electron chi connectivity index (χ4n) is 1.21.